The van der Waals surface area contributed by atoms with E-state index < -0.39 is 0 Å². The molecule has 0 bridgehead atoms. The number of benzene rings is 2. The van der Waals surface area contributed by atoms with E-state index in [1.54, 1.807) is 11.3 Å². The molecule has 0 fully saturated rings. The predicted molar refractivity (Wildman–Crippen MR) is 94.8 cm³/mol. The number of thiophene rings is 1. The molecule has 0 amide bonds. The fourth-order valence-electron chi connectivity index (χ4n) is 2.47. The minimum absolute atomic E-state index is 0.566. The second-order valence-electron chi connectivity index (χ2n) is 5.14. The van der Waals surface area contributed by atoms with Gasteiger partial charge in [-0.2, -0.15) is 0 Å². The Balaban J connectivity index is 1.79. The van der Waals surface area contributed by atoms with Gasteiger partial charge in [-0.15, -0.1) is 11.3 Å². The Morgan fingerprint density at radius 1 is 1.05 bits per heavy atom. The van der Waals surface area contributed by atoms with E-state index in [2.05, 4.69) is 60.1 Å². The van der Waals surface area contributed by atoms with E-state index in [0.29, 0.717) is 6.61 Å². The third kappa shape index (κ3) is 3.15. The molecule has 0 unspecified atom stereocenters. The van der Waals surface area contributed by atoms with Gasteiger partial charge in [0.1, 0.15) is 12.4 Å². The maximum absolute atomic E-state index is 6.02. The third-order valence-corrected chi connectivity index (χ3v) is 4.62. The number of aryl methyl sites for hydroxylation is 1. The molecule has 3 heteroatoms. The van der Waals surface area contributed by atoms with Crippen LogP contribution in [-0.4, -0.2) is 7.05 Å². The van der Waals surface area contributed by atoms with Crippen molar-refractivity contribution in [2.24, 2.45) is 0 Å². The molecule has 112 valence electrons. The second-order valence-corrected chi connectivity index (χ2v) is 6.09. The molecular formula is C19H19NOS. The maximum Gasteiger partial charge on any atom is 0.120 e. The molecule has 0 saturated carbocycles. The van der Waals surface area contributed by atoms with Crippen LogP contribution in [0, 0.1) is 6.92 Å². The molecule has 0 aliphatic rings. The molecule has 3 aromatic rings. The Labute approximate surface area is 135 Å². The van der Waals surface area contributed by atoms with E-state index in [-0.39, 0.29) is 0 Å². The topological polar surface area (TPSA) is 21.3 Å². The van der Waals surface area contributed by atoms with Crippen LogP contribution < -0.4 is 10.1 Å². The van der Waals surface area contributed by atoms with Crippen molar-refractivity contribution in [3.63, 3.8) is 0 Å². The van der Waals surface area contributed by atoms with Crippen molar-refractivity contribution < 1.29 is 4.74 Å². The minimum atomic E-state index is 0.566. The quantitative estimate of drug-likeness (QED) is 0.686. The highest BCUT2D eigenvalue weighted by molar-refractivity contribution is 7.13. The summed E-state index contributed by atoms with van der Waals surface area (Å²) in [7, 11) is 1.94. The Bertz CT molecular complexity index is 750. The van der Waals surface area contributed by atoms with Gasteiger partial charge in [0.25, 0.3) is 0 Å². The molecule has 2 nitrogen and oxygen atoms in total. The van der Waals surface area contributed by atoms with E-state index in [1.165, 1.54) is 21.6 Å². The molecule has 0 saturated heterocycles. The predicted octanol–water partition coefficient (Wildman–Crippen LogP) is 5.34. The molecule has 1 heterocycles. The number of nitrogens with one attached hydrogen (secondary N) is 1. The largest absolute Gasteiger partial charge is 0.489 e. The van der Waals surface area contributed by atoms with Crippen LogP contribution in [0.2, 0.25) is 0 Å². The van der Waals surface area contributed by atoms with Crippen molar-refractivity contribution in [1.29, 1.82) is 0 Å². The highest BCUT2D eigenvalue weighted by Crippen LogP contribution is 2.28. The van der Waals surface area contributed by atoms with Gasteiger partial charge in [0, 0.05) is 23.2 Å². The summed E-state index contributed by atoms with van der Waals surface area (Å²) in [6.07, 6.45) is 0. The molecule has 0 radical (unpaired) electrons. The van der Waals surface area contributed by atoms with Crippen LogP contribution in [0.15, 0.2) is 60.0 Å². The van der Waals surface area contributed by atoms with Crippen molar-refractivity contribution in [1.82, 2.24) is 0 Å². The normalized spacial score (nSPS) is 10.5. The molecule has 3 rings (SSSR count). The van der Waals surface area contributed by atoms with Gasteiger partial charge in [-0.25, -0.2) is 0 Å². The summed E-state index contributed by atoms with van der Waals surface area (Å²) >= 11 is 1.74. The lowest BCUT2D eigenvalue weighted by atomic mass is 10.1. The monoisotopic (exact) mass is 309 g/mol. The summed E-state index contributed by atoms with van der Waals surface area (Å²) in [6, 6.07) is 18.7. The first-order valence-electron chi connectivity index (χ1n) is 7.31. The van der Waals surface area contributed by atoms with Gasteiger partial charge >= 0.3 is 0 Å². The molecule has 2 aromatic carbocycles. The summed E-state index contributed by atoms with van der Waals surface area (Å²) in [5.41, 5.74) is 4.76. The lowest BCUT2D eigenvalue weighted by Crippen LogP contribution is -2.03. The molecule has 1 N–H and O–H groups in total. The Kier molecular flexibility index (Phi) is 4.45. The van der Waals surface area contributed by atoms with E-state index >= 15 is 0 Å². The Morgan fingerprint density at radius 3 is 2.68 bits per heavy atom. The second kappa shape index (κ2) is 6.67. The van der Waals surface area contributed by atoms with Crippen LogP contribution >= 0.6 is 11.3 Å². The molecule has 22 heavy (non-hydrogen) atoms. The van der Waals surface area contributed by atoms with Crippen LogP contribution in [0.1, 0.15) is 11.1 Å². The van der Waals surface area contributed by atoms with Crippen molar-refractivity contribution in [2.75, 3.05) is 12.4 Å². The Hall–Kier alpha value is -2.26. The van der Waals surface area contributed by atoms with Crippen molar-refractivity contribution in [3.05, 3.63) is 71.1 Å². The van der Waals surface area contributed by atoms with Crippen LogP contribution in [0.4, 0.5) is 5.69 Å². The van der Waals surface area contributed by atoms with Gasteiger partial charge in [-0.05, 0) is 47.7 Å². The van der Waals surface area contributed by atoms with Crippen molar-refractivity contribution in [2.45, 2.75) is 13.5 Å². The first-order valence-corrected chi connectivity index (χ1v) is 8.19. The SMILES string of the molecule is CNc1cccc(C)c1COc1cccc(-c2cccs2)c1. The zero-order chi connectivity index (χ0) is 15.4. The first kappa shape index (κ1) is 14.7. The molecule has 0 spiro atoms. The van der Waals surface area contributed by atoms with Gasteiger partial charge in [0.15, 0.2) is 0 Å². The standard InChI is InChI=1S/C19H19NOS/c1-14-6-3-9-18(20-2)17(14)13-21-16-8-4-7-15(12-16)19-10-5-11-22-19/h3-12,20H,13H2,1-2H3. The van der Waals surface area contributed by atoms with Crippen molar-refractivity contribution >= 4 is 17.0 Å². The first-order chi connectivity index (χ1) is 10.8. The summed E-state index contributed by atoms with van der Waals surface area (Å²) in [4.78, 5) is 1.26. The average molecular weight is 309 g/mol. The summed E-state index contributed by atoms with van der Waals surface area (Å²) in [6.45, 7) is 2.68. The fourth-order valence-corrected chi connectivity index (χ4v) is 3.19. The van der Waals surface area contributed by atoms with Crippen LogP contribution in [-0.2, 0) is 6.61 Å². The number of anilines is 1. The Morgan fingerprint density at radius 2 is 1.91 bits per heavy atom. The number of hydrogen-bond acceptors (Lipinski definition) is 3. The van der Waals surface area contributed by atoms with E-state index in [0.717, 1.165) is 11.4 Å². The van der Waals surface area contributed by atoms with Crippen molar-refractivity contribution in [3.8, 4) is 16.2 Å². The smallest absolute Gasteiger partial charge is 0.120 e. The summed E-state index contributed by atoms with van der Waals surface area (Å²) in [5, 5.41) is 5.32. The van der Waals surface area contributed by atoms with Crippen LogP contribution in [0.25, 0.3) is 10.4 Å². The fraction of sp³-hybridized carbons (Fsp3) is 0.158. The van der Waals surface area contributed by atoms with Gasteiger partial charge in [-0.3, -0.25) is 0 Å². The van der Waals surface area contributed by atoms with E-state index in [4.69, 9.17) is 4.74 Å². The number of rotatable bonds is 5. The zero-order valence-corrected chi connectivity index (χ0v) is 13.6. The van der Waals surface area contributed by atoms with Gasteiger partial charge in [0.05, 0.1) is 0 Å². The van der Waals surface area contributed by atoms with Gasteiger partial charge < -0.3 is 10.1 Å². The van der Waals surface area contributed by atoms with Gasteiger partial charge in [0.2, 0.25) is 0 Å². The average Bonchev–Trinajstić information content (AvgIpc) is 3.08. The number of ether oxygens (including phenoxy) is 1. The molecule has 0 aliphatic carbocycles. The third-order valence-electron chi connectivity index (χ3n) is 3.70. The maximum atomic E-state index is 6.02. The number of hydrogen-bond donors (Lipinski definition) is 1. The van der Waals surface area contributed by atoms with E-state index in [1.807, 2.05) is 19.2 Å². The lowest BCUT2D eigenvalue weighted by Gasteiger charge is -2.14. The zero-order valence-electron chi connectivity index (χ0n) is 12.8. The van der Waals surface area contributed by atoms with E-state index in [9.17, 15) is 0 Å². The molecule has 0 atom stereocenters. The highest BCUT2D eigenvalue weighted by atomic mass is 32.1. The summed E-state index contributed by atoms with van der Waals surface area (Å²) < 4.78 is 6.02. The highest BCUT2D eigenvalue weighted by Gasteiger charge is 2.06. The molecule has 0 aliphatic heterocycles. The van der Waals surface area contributed by atoms with Crippen LogP contribution in [0.3, 0.4) is 0 Å². The van der Waals surface area contributed by atoms with Crippen LogP contribution in [0.5, 0.6) is 5.75 Å². The molecular weight excluding hydrogens is 290 g/mol. The minimum Gasteiger partial charge on any atom is -0.489 e. The summed E-state index contributed by atoms with van der Waals surface area (Å²) in [5.74, 6) is 0.899. The lowest BCUT2D eigenvalue weighted by molar-refractivity contribution is 0.306. The molecule has 1 aromatic heterocycles. The van der Waals surface area contributed by atoms with Gasteiger partial charge in [-0.1, -0.05) is 30.3 Å².